The van der Waals surface area contributed by atoms with Gasteiger partial charge in [0.25, 0.3) is 0 Å². The molecule has 1 rings (SSSR count). The molecule has 0 unspecified atom stereocenters. The zero-order valence-electron chi connectivity index (χ0n) is 7.46. The maximum atomic E-state index is 11.3. The van der Waals surface area contributed by atoms with Crippen LogP contribution in [-0.2, 0) is 9.53 Å². The molecular formula is C8H12ClNO3. The SMILES string of the molecule is COC(=O)N1CCC[C@H]1C(=O)CCl. The predicted octanol–water partition coefficient (Wildman–Crippen LogP) is 1.03. The summed E-state index contributed by atoms with van der Waals surface area (Å²) in [6.45, 7) is 0.583. The molecule has 1 amide bonds. The molecule has 0 saturated carbocycles. The molecule has 1 aliphatic rings. The monoisotopic (exact) mass is 205 g/mol. The lowest BCUT2D eigenvalue weighted by molar-refractivity contribution is -0.120. The fraction of sp³-hybridized carbons (Fsp3) is 0.750. The van der Waals surface area contributed by atoms with Crippen LogP contribution in [0.1, 0.15) is 12.8 Å². The normalized spacial score (nSPS) is 21.7. The predicted molar refractivity (Wildman–Crippen MR) is 47.9 cm³/mol. The van der Waals surface area contributed by atoms with Gasteiger partial charge < -0.3 is 4.74 Å². The van der Waals surface area contributed by atoms with Gasteiger partial charge in [-0.25, -0.2) is 4.79 Å². The van der Waals surface area contributed by atoms with Gasteiger partial charge in [-0.15, -0.1) is 11.6 Å². The van der Waals surface area contributed by atoms with Gasteiger partial charge in [0.05, 0.1) is 19.0 Å². The maximum absolute atomic E-state index is 11.3. The summed E-state index contributed by atoms with van der Waals surface area (Å²) in [5, 5.41) is 0. The first-order valence-electron chi connectivity index (χ1n) is 4.14. The van der Waals surface area contributed by atoms with Crippen molar-refractivity contribution >= 4 is 23.5 Å². The molecule has 0 aromatic carbocycles. The number of carbonyl (C=O) groups is 2. The average molecular weight is 206 g/mol. The number of Topliss-reactive ketones (excluding diaryl/α,β-unsaturated/α-hetero) is 1. The molecule has 1 atom stereocenters. The molecule has 0 aromatic rings. The van der Waals surface area contributed by atoms with Crippen LogP contribution in [0, 0.1) is 0 Å². The third-order valence-corrected chi connectivity index (χ3v) is 2.43. The van der Waals surface area contributed by atoms with Crippen molar-refractivity contribution in [3.63, 3.8) is 0 Å². The number of carbonyl (C=O) groups excluding carboxylic acids is 2. The van der Waals surface area contributed by atoms with Crippen molar-refractivity contribution in [2.24, 2.45) is 0 Å². The van der Waals surface area contributed by atoms with Crippen LogP contribution in [0.4, 0.5) is 4.79 Å². The molecule has 74 valence electrons. The van der Waals surface area contributed by atoms with E-state index in [0.717, 1.165) is 6.42 Å². The first-order chi connectivity index (χ1) is 6.20. The zero-order valence-corrected chi connectivity index (χ0v) is 8.21. The molecule has 1 aliphatic heterocycles. The Bertz CT molecular complexity index is 197. The molecule has 5 heteroatoms. The highest BCUT2D eigenvalue weighted by Crippen LogP contribution is 2.19. The Labute approximate surface area is 81.8 Å². The molecule has 0 spiro atoms. The van der Waals surface area contributed by atoms with Gasteiger partial charge in [0.15, 0.2) is 5.78 Å². The van der Waals surface area contributed by atoms with E-state index < -0.39 is 6.09 Å². The molecule has 0 bridgehead atoms. The topological polar surface area (TPSA) is 46.6 Å². The Morgan fingerprint density at radius 3 is 2.85 bits per heavy atom. The molecule has 13 heavy (non-hydrogen) atoms. The summed E-state index contributed by atoms with van der Waals surface area (Å²) < 4.78 is 4.55. The van der Waals surface area contributed by atoms with Crippen molar-refractivity contribution in [3.05, 3.63) is 0 Å². The van der Waals surface area contributed by atoms with Crippen LogP contribution in [0.15, 0.2) is 0 Å². The number of alkyl halides is 1. The van der Waals surface area contributed by atoms with Crippen LogP contribution < -0.4 is 0 Å². The van der Waals surface area contributed by atoms with Crippen LogP contribution in [0.25, 0.3) is 0 Å². The van der Waals surface area contributed by atoms with E-state index in [0.29, 0.717) is 13.0 Å². The van der Waals surface area contributed by atoms with Crippen molar-refractivity contribution in [3.8, 4) is 0 Å². The Kier molecular flexibility index (Phi) is 3.54. The van der Waals surface area contributed by atoms with E-state index >= 15 is 0 Å². The molecule has 4 nitrogen and oxygen atoms in total. The lowest BCUT2D eigenvalue weighted by Crippen LogP contribution is -2.40. The maximum Gasteiger partial charge on any atom is 0.410 e. The van der Waals surface area contributed by atoms with E-state index in [2.05, 4.69) is 4.74 Å². The van der Waals surface area contributed by atoms with Crippen LogP contribution in [0.3, 0.4) is 0 Å². The highest BCUT2D eigenvalue weighted by atomic mass is 35.5. The zero-order chi connectivity index (χ0) is 9.84. The van der Waals surface area contributed by atoms with E-state index in [1.807, 2.05) is 0 Å². The van der Waals surface area contributed by atoms with Gasteiger partial charge in [0.1, 0.15) is 0 Å². The molecule has 1 saturated heterocycles. The quantitative estimate of drug-likeness (QED) is 0.633. The largest absolute Gasteiger partial charge is 0.453 e. The van der Waals surface area contributed by atoms with Gasteiger partial charge in [-0.2, -0.15) is 0 Å². The summed E-state index contributed by atoms with van der Waals surface area (Å²) in [6.07, 6.45) is 1.09. The van der Waals surface area contributed by atoms with Gasteiger partial charge in [-0.1, -0.05) is 0 Å². The molecule has 0 aliphatic carbocycles. The first kappa shape index (κ1) is 10.3. The molecule has 0 N–H and O–H groups in total. The summed E-state index contributed by atoms with van der Waals surface area (Å²) in [5.74, 6) is -0.150. The number of hydrogen-bond acceptors (Lipinski definition) is 3. The number of methoxy groups -OCH3 is 1. The second-order valence-electron chi connectivity index (χ2n) is 2.92. The van der Waals surface area contributed by atoms with Crippen molar-refractivity contribution in [1.29, 1.82) is 0 Å². The second-order valence-corrected chi connectivity index (χ2v) is 3.19. The van der Waals surface area contributed by atoms with Crippen LogP contribution in [0.5, 0.6) is 0 Å². The summed E-state index contributed by atoms with van der Waals surface area (Å²) in [7, 11) is 1.31. The van der Waals surface area contributed by atoms with Crippen LogP contribution in [-0.4, -0.2) is 42.4 Å². The molecule has 1 heterocycles. The van der Waals surface area contributed by atoms with E-state index in [9.17, 15) is 9.59 Å². The first-order valence-corrected chi connectivity index (χ1v) is 4.67. The summed E-state index contributed by atoms with van der Waals surface area (Å²) in [6, 6.07) is -0.370. The van der Waals surface area contributed by atoms with Crippen molar-refractivity contribution in [1.82, 2.24) is 4.90 Å². The Morgan fingerprint density at radius 2 is 2.31 bits per heavy atom. The number of amides is 1. The lowest BCUT2D eigenvalue weighted by atomic mass is 10.1. The molecule has 1 fully saturated rings. The van der Waals surface area contributed by atoms with E-state index in [4.69, 9.17) is 11.6 Å². The number of nitrogens with zero attached hydrogens (tertiary/aromatic N) is 1. The van der Waals surface area contributed by atoms with E-state index in [1.165, 1.54) is 12.0 Å². The molecule has 0 aromatic heterocycles. The van der Waals surface area contributed by atoms with Gasteiger partial charge in [0, 0.05) is 6.54 Å². The minimum atomic E-state index is -0.444. The van der Waals surface area contributed by atoms with Gasteiger partial charge in [-0.05, 0) is 12.8 Å². The van der Waals surface area contributed by atoms with Gasteiger partial charge in [-0.3, -0.25) is 9.69 Å². The number of hydrogen-bond donors (Lipinski definition) is 0. The minimum absolute atomic E-state index is 0.0435. The van der Waals surface area contributed by atoms with Gasteiger partial charge in [0.2, 0.25) is 0 Å². The van der Waals surface area contributed by atoms with Crippen LogP contribution in [0.2, 0.25) is 0 Å². The highest BCUT2D eigenvalue weighted by molar-refractivity contribution is 6.28. The third kappa shape index (κ3) is 2.12. The summed E-state index contributed by atoms with van der Waals surface area (Å²) >= 11 is 5.42. The fourth-order valence-electron chi connectivity index (χ4n) is 1.53. The second kappa shape index (κ2) is 4.46. The lowest BCUT2D eigenvalue weighted by Gasteiger charge is -2.20. The fourth-order valence-corrected chi connectivity index (χ4v) is 1.70. The number of halogens is 1. The Morgan fingerprint density at radius 1 is 1.62 bits per heavy atom. The number of ether oxygens (including phenoxy) is 1. The van der Waals surface area contributed by atoms with E-state index in [1.54, 1.807) is 0 Å². The van der Waals surface area contributed by atoms with Crippen molar-refractivity contribution in [2.75, 3.05) is 19.5 Å². The molecular weight excluding hydrogens is 194 g/mol. The Hall–Kier alpha value is -0.770. The third-order valence-electron chi connectivity index (χ3n) is 2.17. The highest BCUT2D eigenvalue weighted by Gasteiger charge is 2.33. The summed E-state index contributed by atoms with van der Waals surface area (Å²) in [5.41, 5.74) is 0. The van der Waals surface area contributed by atoms with Crippen molar-refractivity contribution < 1.29 is 14.3 Å². The standard InChI is InChI=1S/C8H12ClNO3/c1-13-8(12)10-4-2-3-6(10)7(11)5-9/h6H,2-5H2,1H3/t6-/m0/s1. The minimum Gasteiger partial charge on any atom is -0.453 e. The van der Waals surface area contributed by atoms with Crippen LogP contribution >= 0.6 is 11.6 Å². The number of rotatable bonds is 2. The van der Waals surface area contributed by atoms with E-state index in [-0.39, 0.29) is 17.7 Å². The average Bonchev–Trinajstić information content (AvgIpc) is 2.63. The summed E-state index contributed by atoms with van der Waals surface area (Å²) in [4.78, 5) is 23.9. The number of likely N-dealkylation sites (tertiary alicyclic amines) is 1. The smallest absolute Gasteiger partial charge is 0.410 e. The number of ketones is 1. The van der Waals surface area contributed by atoms with Crippen molar-refractivity contribution in [2.45, 2.75) is 18.9 Å². The Balaban J connectivity index is 2.63. The van der Waals surface area contributed by atoms with Gasteiger partial charge >= 0.3 is 6.09 Å². The molecule has 0 radical (unpaired) electrons.